The summed E-state index contributed by atoms with van der Waals surface area (Å²) < 4.78 is 41.9. The van der Waals surface area contributed by atoms with E-state index in [9.17, 15) is 13.2 Å². The summed E-state index contributed by atoms with van der Waals surface area (Å²) in [7, 11) is 1.97. The highest BCUT2D eigenvalue weighted by atomic mass is 19.4. The van der Waals surface area contributed by atoms with Crippen LogP contribution in [0.15, 0.2) is 36.5 Å². The SMILES string of the molecule is Cc1cc(C(C)(C)C(F)(F)F)ccc1-c1ccc(C(C)(C)C)c[n+]1C. The summed E-state index contributed by atoms with van der Waals surface area (Å²) in [4.78, 5) is 0. The zero-order chi connectivity index (χ0) is 19.2. The molecule has 0 aliphatic carbocycles. The van der Waals surface area contributed by atoms with Crippen molar-refractivity contribution in [1.29, 1.82) is 0 Å². The summed E-state index contributed by atoms with van der Waals surface area (Å²) in [5, 5.41) is 0. The molecule has 0 spiro atoms. The number of aromatic nitrogens is 1. The van der Waals surface area contributed by atoms with Crippen LogP contribution in [0.25, 0.3) is 11.3 Å². The van der Waals surface area contributed by atoms with Crippen molar-refractivity contribution in [3.63, 3.8) is 0 Å². The fourth-order valence-electron chi connectivity index (χ4n) is 2.83. The molecular weight excluding hydrogens is 323 g/mol. The van der Waals surface area contributed by atoms with Crippen LogP contribution >= 0.6 is 0 Å². The van der Waals surface area contributed by atoms with E-state index in [-0.39, 0.29) is 11.0 Å². The van der Waals surface area contributed by atoms with Crippen molar-refractivity contribution in [3.05, 3.63) is 53.2 Å². The van der Waals surface area contributed by atoms with Gasteiger partial charge in [0.2, 0.25) is 5.69 Å². The minimum atomic E-state index is -4.28. The van der Waals surface area contributed by atoms with Gasteiger partial charge in [-0.25, -0.2) is 4.57 Å². The van der Waals surface area contributed by atoms with Crippen LogP contribution in [-0.2, 0) is 17.9 Å². The Labute approximate surface area is 148 Å². The first kappa shape index (κ1) is 19.5. The number of hydrogen-bond acceptors (Lipinski definition) is 0. The summed E-state index contributed by atoms with van der Waals surface area (Å²) in [5.41, 5.74) is 2.46. The number of hydrogen-bond donors (Lipinski definition) is 0. The first-order valence-electron chi connectivity index (χ1n) is 8.43. The lowest BCUT2D eigenvalue weighted by Crippen LogP contribution is -2.36. The van der Waals surface area contributed by atoms with Gasteiger partial charge in [0, 0.05) is 17.2 Å². The molecule has 0 unspecified atom stereocenters. The Hall–Kier alpha value is -1.84. The minimum Gasteiger partial charge on any atom is -0.201 e. The molecular formula is C21H27F3N+. The molecule has 2 aromatic rings. The third kappa shape index (κ3) is 3.73. The van der Waals surface area contributed by atoms with Gasteiger partial charge in [-0.3, -0.25) is 0 Å². The van der Waals surface area contributed by atoms with Crippen LogP contribution in [0.1, 0.15) is 51.3 Å². The van der Waals surface area contributed by atoms with E-state index in [1.54, 1.807) is 18.2 Å². The van der Waals surface area contributed by atoms with Crippen molar-refractivity contribution in [2.24, 2.45) is 7.05 Å². The number of halogens is 3. The predicted molar refractivity (Wildman–Crippen MR) is 95.6 cm³/mol. The summed E-state index contributed by atoms with van der Waals surface area (Å²) in [6.07, 6.45) is -2.19. The van der Waals surface area contributed by atoms with Gasteiger partial charge in [0.15, 0.2) is 6.20 Å². The minimum absolute atomic E-state index is 0.0475. The van der Waals surface area contributed by atoms with Crippen molar-refractivity contribution in [1.82, 2.24) is 0 Å². The van der Waals surface area contributed by atoms with Gasteiger partial charge in [-0.05, 0) is 49.4 Å². The van der Waals surface area contributed by atoms with Gasteiger partial charge in [0.25, 0.3) is 0 Å². The van der Waals surface area contributed by atoms with Gasteiger partial charge < -0.3 is 0 Å². The smallest absolute Gasteiger partial charge is 0.201 e. The fraction of sp³-hybridized carbons (Fsp3) is 0.476. The van der Waals surface area contributed by atoms with Crippen molar-refractivity contribution in [2.75, 3.05) is 0 Å². The van der Waals surface area contributed by atoms with Gasteiger partial charge in [-0.1, -0.05) is 32.9 Å². The maximum atomic E-state index is 13.3. The Morgan fingerprint density at radius 2 is 1.40 bits per heavy atom. The third-order valence-electron chi connectivity index (χ3n) is 4.93. The Balaban J connectivity index is 2.50. The molecule has 0 bridgehead atoms. The molecule has 1 heterocycles. The molecule has 2 rings (SSSR count). The molecule has 0 aliphatic heterocycles. The quantitative estimate of drug-likeness (QED) is 0.619. The zero-order valence-corrected chi connectivity index (χ0v) is 16.0. The van der Waals surface area contributed by atoms with Crippen LogP contribution in [0.5, 0.6) is 0 Å². The van der Waals surface area contributed by atoms with E-state index in [2.05, 4.69) is 33.0 Å². The standard InChI is InChI=1S/C21H27F3N/c1-14-12-15(20(5,6)21(22,23)24)8-10-17(14)18-11-9-16(13-25(18)7)19(2,3)4/h8-13H,1-7H3/q+1. The lowest BCUT2D eigenvalue weighted by atomic mass is 9.82. The maximum Gasteiger partial charge on any atom is 0.397 e. The number of benzene rings is 1. The zero-order valence-electron chi connectivity index (χ0n) is 16.0. The van der Waals surface area contributed by atoms with E-state index in [1.165, 1.54) is 19.4 Å². The van der Waals surface area contributed by atoms with Crippen molar-refractivity contribution in [3.8, 4) is 11.3 Å². The van der Waals surface area contributed by atoms with Gasteiger partial charge in [-0.2, -0.15) is 13.2 Å². The second kappa shape index (κ2) is 6.15. The third-order valence-corrected chi connectivity index (χ3v) is 4.93. The lowest BCUT2D eigenvalue weighted by molar-refractivity contribution is -0.661. The largest absolute Gasteiger partial charge is 0.397 e. The summed E-state index contributed by atoms with van der Waals surface area (Å²) >= 11 is 0. The average Bonchev–Trinajstić information content (AvgIpc) is 2.45. The van der Waals surface area contributed by atoms with Gasteiger partial charge in [-0.15, -0.1) is 0 Å². The lowest BCUT2D eigenvalue weighted by Gasteiger charge is -2.28. The number of nitrogens with zero attached hydrogens (tertiary/aromatic N) is 1. The first-order chi connectivity index (χ1) is 11.2. The van der Waals surface area contributed by atoms with Crippen LogP contribution in [0.2, 0.25) is 0 Å². The molecule has 1 aromatic carbocycles. The molecule has 0 saturated carbocycles. The van der Waals surface area contributed by atoms with E-state index >= 15 is 0 Å². The Morgan fingerprint density at radius 3 is 1.84 bits per heavy atom. The highest BCUT2D eigenvalue weighted by molar-refractivity contribution is 5.62. The van der Waals surface area contributed by atoms with Crippen molar-refractivity contribution < 1.29 is 17.7 Å². The second-order valence-corrected chi connectivity index (χ2v) is 8.32. The summed E-state index contributed by atoms with van der Waals surface area (Å²) in [5.74, 6) is 0. The Morgan fingerprint density at radius 1 is 0.840 bits per heavy atom. The molecule has 0 saturated heterocycles. The van der Waals surface area contributed by atoms with Crippen molar-refractivity contribution in [2.45, 2.75) is 58.5 Å². The highest BCUT2D eigenvalue weighted by Gasteiger charge is 2.48. The topological polar surface area (TPSA) is 3.88 Å². The summed E-state index contributed by atoms with van der Waals surface area (Å²) in [6.45, 7) is 10.8. The van der Waals surface area contributed by atoms with E-state index in [1.807, 2.05) is 24.6 Å². The fourth-order valence-corrected chi connectivity index (χ4v) is 2.83. The molecule has 1 aromatic heterocycles. The molecule has 4 heteroatoms. The van der Waals surface area contributed by atoms with Crippen LogP contribution in [-0.4, -0.2) is 6.18 Å². The first-order valence-corrected chi connectivity index (χ1v) is 8.43. The van der Waals surface area contributed by atoms with E-state index in [0.29, 0.717) is 0 Å². The molecule has 0 amide bonds. The highest BCUT2D eigenvalue weighted by Crippen LogP contribution is 2.41. The maximum absolute atomic E-state index is 13.3. The average molecular weight is 350 g/mol. The molecule has 0 atom stereocenters. The molecule has 0 aliphatic rings. The monoisotopic (exact) mass is 350 g/mol. The van der Waals surface area contributed by atoms with Crippen molar-refractivity contribution >= 4 is 0 Å². The second-order valence-electron chi connectivity index (χ2n) is 8.32. The van der Waals surface area contributed by atoms with Crippen LogP contribution in [0.3, 0.4) is 0 Å². The molecule has 136 valence electrons. The number of alkyl halides is 3. The molecule has 1 nitrogen and oxygen atoms in total. The van der Waals surface area contributed by atoms with E-state index < -0.39 is 11.6 Å². The van der Waals surface area contributed by atoms with Crippen LogP contribution in [0, 0.1) is 6.92 Å². The molecule has 25 heavy (non-hydrogen) atoms. The molecule has 0 fully saturated rings. The van der Waals surface area contributed by atoms with E-state index in [0.717, 1.165) is 16.8 Å². The predicted octanol–water partition coefficient (Wildman–Crippen LogP) is 5.62. The van der Waals surface area contributed by atoms with Gasteiger partial charge in [0.1, 0.15) is 7.05 Å². The van der Waals surface area contributed by atoms with Crippen LogP contribution < -0.4 is 4.57 Å². The molecule has 0 N–H and O–H groups in total. The normalized spacial score (nSPS) is 13.2. The Bertz CT molecular complexity index is 781. The molecule has 0 radical (unpaired) electrons. The number of aryl methyl sites for hydroxylation is 2. The van der Waals surface area contributed by atoms with Gasteiger partial charge in [0.05, 0.1) is 5.41 Å². The van der Waals surface area contributed by atoms with Crippen LogP contribution in [0.4, 0.5) is 13.2 Å². The Kier molecular flexibility index (Phi) is 4.79. The number of pyridine rings is 1. The summed E-state index contributed by atoms with van der Waals surface area (Å²) in [6, 6.07) is 9.16. The number of rotatable bonds is 2. The van der Waals surface area contributed by atoms with Gasteiger partial charge >= 0.3 is 6.18 Å². The van der Waals surface area contributed by atoms with E-state index in [4.69, 9.17) is 0 Å².